The predicted octanol–water partition coefficient (Wildman–Crippen LogP) is 1.26. The Bertz CT molecular complexity index is 806. The molecule has 2 aliphatic rings. The number of guanidine groups is 1. The molecule has 4 rings (SSSR count). The van der Waals surface area contributed by atoms with Crippen LogP contribution in [-0.4, -0.2) is 39.8 Å². The van der Waals surface area contributed by atoms with Gasteiger partial charge in [0.15, 0.2) is 0 Å². The highest BCUT2D eigenvalue weighted by atomic mass is 16.2. The molecule has 0 aromatic carbocycles. The lowest BCUT2D eigenvalue weighted by Gasteiger charge is -2.15. The lowest BCUT2D eigenvalue weighted by Crippen LogP contribution is -2.38. The van der Waals surface area contributed by atoms with Crippen LogP contribution in [0.4, 0.5) is 0 Å². The van der Waals surface area contributed by atoms with Gasteiger partial charge in [-0.05, 0) is 18.2 Å². The summed E-state index contributed by atoms with van der Waals surface area (Å²) in [6, 6.07) is 3.84. The molecule has 0 saturated heterocycles. The van der Waals surface area contributed by atoms with Crippen molar-refractivity contribution >= 4 is 29.0 Å². The van der Waals surface area contributed by atoms with Crippen LogP contribution in [0.2, 0.25) is 0 Å². The number of aliphatic imine (C=N–C) groups is 1. The molecule has 2 aromatic heterocycles. The van der Waals surface area contributed by atoms with Crippen molar-refractivity contribution in [1.82, 2.24) is 20.2 Å². The topological polar surface area (TPSA) is 73.4 Å². The molecule has 0 bridgehead atoms. The Morgan fingerprint density at radius 3 is 3.00 bits per heavy atom. The largest absolute Gasteiger partial charge is 0.346 e. The number of nitrogens with one attached hydrogen (secondary N) is 2. The molecule has 2 aromatic rings. The molecular formula is C15H13N5O. The molecule has 0 aliphatic carbocycles. The molecule has 6 nitrogen and oxygen atoms in total. The Balaban J connectivity index is 1.70. The van der Waals surface area contributed by atoms with Gasteiger partial charge >= 0.3 is 0 Å². The highest BCUT2D eigenvalue weighted by molar-refractivity contribution is 6.14. The minimum absolute atomic E-state index is 0.171. The van der Waals surface area contributed by atoms with Gasteiger partial charge in [0.2, 0.25) is 5.96 Å². The lowest BCUT2D eigenvalue weighted by molar-refractivity contribution is -0.115. The summed E-state index contributed by atoms with van der Waals surface area (Å²) in [7, 11) is 0. The van der Waals surface area contributed by atoms with Gasteiger partial charge in [0.05, 0.1) is 0 Å². The highest BCUT2D eigenvalue weighted by Crippen LogP contribution is 2.20. The average molecular weight is 279 g/mol. The van der Waals surface area contributed by atoms with Crippen LogP contribution >= 0.6 is 0 Å². The van der Waals surface area contributed by atoms with E-state index >= 15 is 0 Å². The SMILES string of the molecule is O=C1NC(N2CC=CC2)=NC1=Cc1c[nH]c2ncccc12. The van der Waals surface area contributed by atoms with E-state index in [2.05, 4.69) is 32.4 Å². The predicted molar refractivity (Wildman–Crippen MR) is 80.4 cm³/mol. The van der Waals surface area contributed by atoms with Crippen molar-refractivity contribution in [2.24, 2.45) is 4.99 Å². The second-order valence-electron chi connectivity index (χ2n) is 4.94. The molecule has 0 radical (unpaired) electrons. The van der Waals surface area contributed by atoms with E-state index in [4.69, 9.17) is 0 Å². The summed E-state index contributed by atoms with van der Waals surface area (Å²) < 4.78 is 0. The number of hydrogen-bond acceptors (Lipinski definition) is 4. The van der Waals surface area contributed by atoms with Crippen molar-refractivity contribution in [3.05, 3.63) is 47.9 Å². The van der Waals surface area contributed by atoms with Gasteiger partial charge in [-0.25, -0.2) is 9.98 Å². The zero-order valence-electron chi connectivity index (χ0n) is 11.2. The lowest BCUT2D eigenvalue weighted by atomic mass is 10.2. The van der Waals surface area contributed by atoms with Crippen LogP contribution in [0, 0.1) is 0 Å². The fourth-order valence-electron chi connectivity index (χ4n) is 2.50. The van der Waals surface area contributed by atoms with E-state index < -0.39 is 0 Å². The van der Waals surface area contributed by atoms with Gasteiger partial charge in [0.25, 0.3) is 5.91 Å². The van der Waals surface area contributed by atoms with E-state index in [9.17, 15) is 4.79 Å². The van der Waals surface area contributed by atoms with Gasteiger partial charge in [0, 0.05) is 36.4 Å². The number of fused-ring (bicyclic) bond motifs is 1. The van der Waals surface area contributed by atoms with Crippen molar-refractivity contribution in [3.8, 4) is 0 Å². The van der Waals surface area contributed by atoms with E-state index in [0.717, 1.165) is 29.7 Å². The van der Waals surface area contributed by atoms with E-state index in [1.807, 2.05) is 23.2 Å². The first-order valence-corrected chi connectivity index (χ1v) is 6.75. The second kappa shape index (κ2) is 4.59. The molecule has 104 valence electrons. The number of aromatic nitrogens is 2. The first kappa shape index (κ1) is 11.9. The molecule has 2 N–H and O–H groups in total. The summed E-state index contributed by atoms with van der Waals surface area (Å²) in [4.78, 5) is 25.8. The summed E-state index contributed by atoms with van der Waals surface area (Å²) in [6.45, 7) is 1.56. The number of nitrogens with zero attached hydrogens (tertiary/aromatic N) is 3. The number of aromatic amines is 1. The highest BCUT2D eigenvalue weighted by Gasteiger charge is 2.24. The standard InChI is InChI=1S/C15H13N5O/c21-14-12(18-15(19-14)20-6-1-2-7-20)8-10-9-17-13-11(10)4-3-5-16-13/h1-5,8-9H,6-7H2,(H,16,17)(H,18,19,21). The van der Waals surface area contributed by atoms with Crippen LogP contribution in [-0.2, 0) is 4.79 Å². The Morgan fingerprint density at radius 2 is 2.14 bits per heavy atom. The fourth-order valence-corrected chi connectivity index (χ4v) is 2.50. The van der Waals surface area contributed by atoms with Gasteiger partial charge in [-0.1, -0.05) is 12.2 Å². The van der Waals surface area contributed by atoms with E-state index in [-0.39, 0.29) is 5.91 Å². The van der Waals surface area contributed by atoms with Crippen LogP contribution in [0.1, 0.15) is 5.56 Å². The number of carbonyl (C=O) groups excluding carboxylic acids is 1. The molecule has 0 saturated carbocycles. The smallest absolute Gasteiger partial charge is 0.276 e. The third-order valence-electron chi connectivity index (χ3n) is 3.58. The zero-order valence-corrected chi connectivity index (χ0v) is 11.2. The maximum Gasteiger partial charge on any atom is 0.276 e. The van der Waals surface area contributed by atoms with Crippen LogP contribution < -0.4 is 5.32 Å². The van der Waals surface area contributed by atoms with E-state index in [1.54, 1.807) is 12.3 Å². The normalized spacial score (nSPS) is 19.6. The van der Waals surface area contributed by atoms with Gasteiger partial charge in [0.1, 0.15) is 11.3 Å². The van der Waals surface area contributed by atoms with E-state index in [0.29, 0.717) is 11.7 Å². The van der Waals surface area contributed by atoms with Crippen LogP contribution in [0.15, 0.2) is 47.4 Å². The number of rotatable bonds is 1. The van der Waals surface area contributed by atoms with Crippen molar-refractivity contribution in [2.45, 2.75) is 0 Å². The van der Waals surface area contributed by atoms with Gasteiger partial charge in [-0.3, -0.25) is 10.1 Å². The number of hydrogen-bond donors (Lipinski definition) is 2. The third-order valence-corrected chi connectivity index (χ3v) is 3.58. The van der Waals surface area contributed by atoms with Crippen molar-refractivity contribution in [3.63, 3.8) is 0 Å². The van der Waals surface area contributed by atoms with Crippen LogP contribution in [0.25, 0.3) is 17.1 Å². The third kappa shape index (κ3) is 2.01. The fraction of sp³-hybridized carbons (Fsp3) is 0.133. The molecule has 0 unspecified atom stereocenters. The summed E-state index contributed by atoms with van der Waals surface area (Å²) >= 11 is 0. The van der Waals surface area contributed by atoms with Gasteiger partial charge in [-0.15, -0.1) is 0 Å². The minimum Gasteiger partial charge on any atom is -0.346 e. The number of H-pyrrole nitrogens is 1. The average Bonchev–Trinajstić information content (AvgIpc) is 3.21. The van der Waals surface area contributed by atoms with Gasteiger partial charge < -0.3 is 9.88 Å². The maximum atomic E-state index is 12.0. The quantitative estimate of drug-likeness (QED) is 0.609. The molecule has 1 amide bonds. The van der Waals surface area contributed by atoms with E-state index in [1.165, 1.54) is 0 Å². The Kier molecular flexibility index (Phi) is 2.60. The summed E-state index contributed by atoms with van der Waals surface area (Å²) in [6.07, 6.45) is 9.47. The number of pyridine rings is 1. The Hall–Kier alpha value is -2.89. The maximum absolute atomic E-state index is 12.0. The molecule has 4 heterocycles. The zero-order chi connectivity index (χ0) is 14.2. The second-order valence-corrected chi connectivity index (χ2v) is 4.94. The first-order chi connectivity index (χ1) is 10.3. The van der Waals surface area contributed by atoms with Gasteiger partial charge in [-0.2, -0.15) is 0 Å². The molecule has 2 aliphatic heterocycles. The van der Waals surface area contributed by atoms with Crippen LogP contribution in [0.5, 0.6) is 0 Å². The van der Waals surface area contributed by atoms with Crippen molar-refractivity contribution in [1.29, 1.82) is 0 Å². The van der Waals surface area contributed by atoms with Crippen molar-refractivity contribution < 1.29 is 4.79 Å². The molecule has 0 spiro atoms. The number of carbonyl (C=O) groups is 1. The molecule has 0 atom stereocenters. The Morgan fingerprint density at radius 1 is 1.29 bits per heavy atom. The van der Waals surface area contributed by atoms with Crippen LogP contribution in [0.3, 0.4) is 0 Å². The monoisotopic (exact) mass is 279 g/mol. The molecular weight excluding hydrogens is 266 g/mol. The van der Waals surface area contributed by atoms with Crippen molar-refractivity contribution in [2.75, 3.05) is 13.1 Å². The summed E-state index contributed by atoms with van der Waals surface area (Å²) in [5.41, 5.74) is 2.13. The summed E-state index contributed by atoms with van der Waals surface area (Å²) in [5, 5.41) is 3.79. The Labute approximate surface area is 120 Å². The molecule has 21 heavy (non-hydrogen) atoms. The molecule has 0 fully saturated rings. The summed E-state index contributed by atoms with van der Waals surface area (Å²) in [5.74, 6) is 0.448. The minimum atomic E-state index is -0.171. The molecule has 6 heteroatoms. The first-order valence-electron chi connectivity index (χ1n) is 6.75. The number of amides is 1.